The molecule has 0 N–H and O–H groups in total. The summed E-state index contributed by atoms with van der Waals surface area (Å²) in [7, 11) is 0. The third kappa shape index (κ3) is 2.05. The normalized spacial score (nSPS) is 26.8. The molecule has 1 aromatic rings. The van der Waals surface area contributed by atoms with Crippen molar-refractivity contribution in [1.29, 1.82) is 0 Å². The van der Waals surface area contributed by atoms with Gasteiger partial charge < -0.3 is 0 Å². The standard InChI is InChI=1S/C13H13.C10H15.2CH3.Hf/c1-9-5-6-12-7-10-3-2-4-11(10)8-13(9)12;1-6-7(2)9(4)10(5)8(6)3;;;/h5-8H,2-4H2,1H3;1-5H3;2*1H3;. The number of allylic oxidation sites excluding steroid dienone is 5. The molecule has 0 saturated heterocycles. The fourth-order valence-electron chi connectivity index (χ4n) is 6.17. The molecule has 1 atom stereocenters. The number of rotatable bonds is 2. The van der Waals surface area contributed by atoms with Crippen LogP contribution >= 0.6 is 0 Å². The first-order valence-corrected chi connectivity index (χ1v) is 21.1. The molecule has 3 aliphatic carbocycles. The zero-order valence-corrected chi connectivity index (χ0v) is 21.5. The molecule has 0 bridgehead atoms. The maximum absolute atomic E-state index is 2.90. The summed E-state index contributed by atoms with van der Waals surface area (Å²) in [5.41, 5.74) is 12.8. The van der Waals surface area contributed by atoms with Crippen LogP contribution in [-0.2, 0) is 36.0 Å². The molecule has 0 aromatic heterocycles. The van der Waals surface area contributed by atoms with Crippen LogP contribution in [0.4, 0.5) is 0 Å². The Morgan fingerprint density at radius 3 is 1.96 bits per heavy atom. The van der Waals surface area contributed by atoms with E-state index in [2.05, 4.69) is 75.2 Å². The molecule has 3 aliphatic rings. The van der Waals surface area contributed by atoms with Crippen LogP contribution in [0.2, 0.25) is 12.5 Å². The van der Waals surface area contributed by atoms with Crippen molar-refractivity contribution in [2.45, 2.75) is 76.5 Å². The van der Waals surface area contributed by atoms with Gasteiger partial charge in [-0.1, -0.05) is 0 Å². The molecule has 26 heavy (non-hydrogen) atoms. The molecule has 0 nitrogen and oxygen atoms in total. The summed E-state index contributed by atoms with van der Waals surface area (Å²) >= 11 is -2.90. The second-order valence-electron chi connectivity index (χ2n) is 9.85. The van der Waals surface area contributed by atoms with E-state index in [-0.39, 0.29) is 3.17 Å². The van der Waals surface area contributed by atoms with E-state index in [0.29, 0.717) is 3.17 Å². The average Bonchev–Trinajstić information content (AvgIpc) is 3.24. The number of hydrogen-bond acceptors (Lipinski definition) is 0. The van der Waals surface area contributed by atoms with Crippen molar-refractivity contribution >= 4 is 6.08 Å². The first kappa shape index (κ1) is 18.7. The second-order valence-corrected chi connectivity index (χ2v) is 28.8. The molecule has 138 valence electrons. The minimum atomic E-state index is -2.90. The van der Waals surface area contributed by atoms with Crippen LogP contribution in [0.25, 0.3) is 6.08 Å². The predicted molar refractivity (Wildman–Crippen MR) is 112 cm³/mol. The van der Waals surface area contributed by atoms with Crippen LogP contribution in [0.5, 0.6) is 0 Å². The van der Waals surface area contributed by atoms with Crippen molar-refractivity contribution in [2.75, 3.05) is 0 Å². The molecule has 0 saturated carbocycles. The first-order chi connectivity index (χ1) is 12.1. The molecule has 1 unspecified atom stereocenters. The van der Waals surface area contributed by atoms with Crippen molar-refractivity contribution in [1.82, 2.24) is 0 Å². The quantitative estimate of drug-likeness (QED) is 0.359. The molecule has 0 aliphatic heterocycles. The van der Waals surface area contributed by atoms with Gasteiger partial charge in [-0.05, 0) is 0 Å². The van der Waals surface area contributed by atoms with E-state index in [0.717, 1.165) is 0 Å². The summed E-state index contributed by atoms with van der Waals surface area (Å²) in [6, 6.07) is 5.12. The Kier molecular flexibility index (Phi) is 4.06. The van der Waals surface area contributed by atoms with E-state index < -0.39 is 20.0 Å². The van der Waals surface area contributed by atoms with Gasteiger partial charge in [-0.2, -0.15) is 0 Å². The Labute approximate surface area is 164 Å². The van der Waals surface area contributed by atoms with E-state index in [1.54, 1.807) is 39.0 Å². The van der Waals surface area contributed by atoms with Gasteiger partial charge in [0.1, 0.15) is 0 Å². The fraction of sp³-hybridized carbons (Fsp3) is 0.520. The Morgan fingerprint density at radius 1 is 0.846 bits per heavy atom. The van der Waals surface area contributed by atoms with E-state index in [9.17, 15) is 0 Å². The summed E-state index contributed by atoms with van der Waals surface area (Å²) in [5, 5.41) is 0. The van der Waals surface area contributed by atoms with Crippen molar-refractivity contribution < 1.29 is 20.0 Å². The van der Waals surface area contributed by atoms with E-state index >= 15 is 0 Å². The summed E-state index contributed by atoms with van der Waals surface area (Å²) in [5.74, 6) is 0. The fourth-order valence-corrected chi connectivity index (χ4v) is 23.0. The van der Waals surface area contributed by atoms with Gasteiger partial charge in [0.25, 0.3) is 0 Å². The van der Waals surface area contributed by atoms with Gasteiger partial charge in [-0.3, -0.25) is 0 Å². The van der Waals surface area contributed by atoms with Crippen molar-refractivity contribution in [3.63, 3.8) is 0 Å². The molecule has 1 aromatic carbocycles. The monoisotopic (exact) mass is 514 g/mol. The Hall–Kier alpha value is -0.690. The van der Waals surface area contributed by atoms with Crippen molar-refractivity contribution in [3.8, 4) is 0 Å². The van der Waals surface area contributed by atoms with E-state index in [4.69, 9.17) is 0 Å². The van der Waals surface area contributed by atoms with Gasteiger partial charge in [-0.15, -0.1) is 0 Å². The second kappa shape index (κ2) is 5.66. The van der Waals surface area contributed by atoms with Crippen LogP contribution < -0.4 is 0 Å². The minimum absolute atomic E-state index is 0.266. The molecule has 0 spiro atoms. The van der Waals surface area contributed by atoms with Gasteiger partial charge in [-0.25, -0.2) is 0 Å². The SMILES string of the molecule is CC1=C(C)[C](C)([Hf]([CH3])([CH3])[C]2(C)C=Cc3cc4c(cc32)CCC4)C(C)=C1C. The molecule has 0 radical (unpaired) electrons. The van der Waals surface area contributed by atoms with E-state index in [1.165, 1.54) is 24.8 Å². The van der Waals surface area contributed by atoms with Crippen LogP contribution in [0.3, 0.4) is 0 Å². The number of benzene rings is 1. The molecule has 0 amide bonds. The zero-order valence-electron chi connectivity index (χ0n) is 17.9. The van der Waals surface area contributed by atoms with Crippen LogP contribution in [0.1, 0.15) is 70.2 Å². The third-order valence-corrected chi connectivity index (χ3v) is 31.7. The molecular formula is C25H34Hf. The van der Waals surface area contributed by atoms with Gasteiger partial charge in [0, 0.05) is 0 Å². The number of aryl methyl sites for hydroxylation is 2. The third-order valence-electron chi connectivity index (χ3n) is 9.16. The molecule has 1 heteroatoms. The number of fused-ring (bicyclic) bond motifs is 2. The van der Waals surface area contributed by atoms with Crippen LogP contribution in [0.15, 0.2) is 40.5 Å². The van der Waals surface area contributed by atoms with Crippen LogP contribution in [-0.4, -0.2) is 0 Å². The Morgan fingerprint density at radius 2 is 1.38 bits per heavy atom. The summed E-state index contributed by atoms with van der Waals surface area (Å²) in [6.07, 6.45) is 8.95. The summed E-state index contributed by atoms with van der Waals surface area (Å²) < 4.78 is 6.01. The van der Waals surface area contributed by atoms with Gasteiger partial charge in [0.2, 0.25) is 0 Å². The van der Waals surface area contributed by atoms with Crippen molar-refractivity contribution in [3.05, 3.63) is 62.8 Å². The summed E-state index contributed by atoms with van der Waals surface area (Å²) in [6.45, 7) is 14.7. The average molecular weight is 513 g/mol. The van der Waals surface area contributed by atoms with Crippen LogP contribution in [0, 0.1) is 0 Å². The topological polar surface area (TPSA) is 0 Å². The molecule has 4 rings (SSSR count). The van der Waals surface area contributed by atoms with Gasteiger partial charge in [0.15, 0.2) is 0 Å². The Balaban J connectivity index is 1.91. The Bertz CT molecular complexity index is 882. The van der Waals surface area contributed by atoms with Gasteiger partial charge >= 0.3 is 165 Å². The van der Waals surface area contributed by atoms with Gasteiger partial charge in [0.05, 0.1) is 0 Å². The summed E-state index contributed by atoms with van der Waals surface area (Å²) in [4.78, 5) is 0. The molecule has 0 heterocycles. The van der Waals surface area contributed by atoms with E-state index in [1.807, 2.05) is 0 Å². The zero-order chi connectivity index (χ0) is 19.1. The molecular weight excluding hydrogens is 479 g/mol. The first-order valence-electron chi connectivity index (χ1n) is 10.3. The maximum atomic E-state index is 2.72. The van der Waals surface area contributed by atoms with Crippen molar-refractivity contribution in [2.24, 2.45) is 0 Å². The number of hydrogen-bond donors (Lipinski definition) is 0. The molecule has 0 fully saturated rings. The predicted octanol–water partition coefficient (Wildman–Crippen LogP) is 7.53.